The molecule has 1 N–H and O–H groups in total. The highest BCUT2D eigenvalue weighted by atomic mass is 35.5. The highest BCUT2D eigenvalue weighted by Gasteiger charge is 1.95. The molecule has 0 fully saturated rings. The van der Waals surface area contributed by atoms with Gasteiger partial charge in [-0.05, 0) is 25.8 Å². The Balaban J connectivity index is 2.42. The maximum Gasteiger partial charge on any atom is 0.0625 e. The first-order valence-corrected chi connectivity index (χ1v) is 3.93. The van der Waals surface area contributed by atoms with Crippen LogP contribution in [-0.4, -0.2) is 16.1 Å². The van der Waals surface area contributed by atoms with Crippen molar-refractivity contribution in [2.45, 2.75) is 19.8 Å². The van der Waals surface area contributed by atoms with Gasteiger partial charge in [0.2, 0.25) is 0 Å². The monoisotopic (exact) mass is 158 g/mol. The summed E-state index contributed by atoms with van der Waals surface area (Å²) in [6.07, 6.45) is 1.99. The summed E-state index contributed by atoms with van der Waals surface area (Å²) in [4.78, 5) is 0. The number of aromatic nitrogens is 2. The van der Waals surface area contributed by atoms with E-state index in [0.29, 0.717) is 5.88 Å². The van der Waals surface area contributed by atoms with Crippen LogP contribution in [0.4, 0.5) is 0 Å². The van der Waals surface area contributed by atoms with Gasteiger partial charge >= 0.3 is 0 Å². The van der Waals surface area contributed by atoms with E-state index in [1.165, 1.54) is 0 Å². The first kappa shape index (κ1) is 7.61. The largest absolute Gasteiger partial charge is 0.283 e. The SMILES string of the molecule is Cc1cc(CCCCl)n[nH]1. The Morgan fingerprint density at radius 2 is 2.50 bits per heavy atom. The van der Waals surface area contributed by atoms with E-state index in [1.54, 1.807) is 0 Å². The number of nitrogens with one attached hydrogen (secondary N) is 1. The zero-order chi connectivity index (χ0) is 7.40. The molecule has 0 bridgehead atoms. The van der Waals surface area contributed by atoms with Gasteiger partial charge in [0.1, 0.15) is 0 Å². The Bertz CT molecular complexity index is 195. The Morgan fingerprint density at radius 1 is 1.70 bits per heavy atom. The van der Waals surface area contributed by atoms with Crippen LogP contribution in [0.2, 0.25) is 0 Å². The smallest absolute Gasteiger partial charge is 0.0625 e. The molecular weight excluding hydrogens is 148 g/mol. The van der Waals surface area contributed by atoms with Crippen molar-refractivity contribution in [2.24, 2.45) is 0 Å². The van der Waals surface area contributed by atoms with Gasteiger partial charge in [0, 0.05) is 11.6 Å². The number of nitrogens with zero attached hydrogens (tertiary/aromatic N) is 1. The van der Waals surface area contributed by atoms with Crippen molar-refractivity contribution in [1.29, 1.82) is 0 Å². The molecule has 0 radical (unpaired) electrons. The second kappa shape index (κ2) is 3.62. The summed E-state index contributed by atoms with van der Waals surface area (Å²) in [6, 6.07) is 2.05. The van der Waals surface area contributed by atoms with E-state index < -0.39 is 0 Å². The second-order valence-corrected chi connectivity index (χ2v) is 2.71. The summed E-state index contributed by atoms with van der Waals surface area (Å²) in [6.45, 7) is 2.00. The Kier molecular flexibility index (Phi) is 2.75. The number of H-pyrrole nitrogens is 1. The molecule has 0 aromatic carbocycles. The lowest BCUT2D eigenvalue weighted by Gasteiger charge is -1.88. The topological polar surface area (TPSA) is 28.7 Å². The lowest BCUT2D eigenvalue weighted by atomic mass is 10.2. The van der Waals surface area contributed by atoms with E-state index >= 15 is 0 Å². The number of hydrogen-bond donors (Lipinski definition) is 1. The van der Waals surface area contributed by atoms with E-state index in [1.807, 2.05) is 13.0 Å². The summed E-state index contributed by atoms with van der Waals surface area (Å²) in [5, 5.41) is 6.95. The molecule has 56 valence electrons. The summed E-state index contributed by atoms with van der Waals surface area (Å²) in [7, 11) is 0. The van der Waals surface area contributed by atoms with Crippen LogP contribution in [-0.2, 0) is 6.42 Å². The van der Waals surface area contributed by atoms with Crippen molar-refractivity contribution >= 4 is 11.6 Å². The number of hydrogen-bond acceptors (Lipinski definition) is 1. The van der Waals surface area contributed by atoms with Crippen molar-refractivity contribution in [1.82, 2.24) is 10.2 Å². The number of aromatic amines is 1. The molecule has 0 spiro atoms. The minimum atomic E-state index is 0.714. The van der Waals surface area contributed by atoms with E-state index in [2.05, 4.69) is 10.2 Å². The molecule has 0 aliphatic heterocycles. The van der Waals surface area contributed by atoms with Gasteiger partial charge in [-0.2, -0.15) is 5.10 Å². The fraction of sp³-hybridized carbons (Fsp3) is 0.571. The minimum absolute atomic E-state index is 0.714. The molecule has 2 nitrogen and oxygen atoms in total. The van der Waals surface area contributed by atoms with E-state index in [0.717, 1.165) is 24.2 Å². The molecular formula is C7H11ClN2. The van der Waals surface area contributed by atoms with Gasteiger partial charge < -0.3 is 0 Å². The van der Waals surface area contributed by atoms with Crippen LogP contribution in [0, 0.1) is 6.92 Å². The summed E-state index contributed by atoms with van der Waals surface area (Å²) >= 11 is 5.52. The van der Waals surface area contributed by atoms with E-state index in [-0.39, 0.29) is 0 Å². The van der Waals surface area contributed by atoms with Crippen LogP contribution >= 0.6 is 11.6 Å². The van der Waals surface area contributed by atoms with Crippen LogP contribution in [0.15, 0.2) is 6.07 Å². The molecule has 0 aliphatic carbocycles. The van der Waals surface area contributed by atoms with Gasteiger partial charge in [0.25, 0.3) is 0 Å². The molecule has 1 aromatic rings. The van der Waals surface area contributed by atoms with Gasteiger partial charge in [-0.1, -0.05) is 0 Å². The zero-order valence-corrected chi connectivity index (χ0v) is 6.78. The van der Waals surface area contributed by atoms with Crippen molar-refractivity contribution in [2.75, 3.05) is 5.88 Å². The second-order valence-electron chi connectivity index (χ2n) is 2.33. The number of alkyl halides is 1. The van der Waals surface area contributed by atoms with Crippen molar-refractivity contribution in [3.8, 4) is 0 Å². The van der Waals surface area contributed by atoms with Gasteiger partial charge in [0.05, 0.1) is 5.69 Å². The fourth-order valence-electron chi connectivity index (χ4n) is 0.850. The summed E-state index contributed by atoms with van der Waals surface area (Å²) < 4.78 is 0. The molecule has 3 heteroatoms. The number of halogens is 1. The summed E-state index contributed by atoms with van der Waals surface area (Å²) in [5.74, 6) is 0.714. The number of aryl methyl sites for hydroxylation is 2. The average molecular weight is 159 g/mol. The van der Waals surface area contributed by atoms with Crippen LogP contribution in [0.5, 0.6) is 0 Å². The van der Waals surface area contributed by atoms with Gasteiger partial charge in [-0.15, -0.1) is 11.6 Å². The van der Waals surface area contributed by atoms with Gasteiger partial charge in [0.15, 0.2) is 0 Å². The van der Waals surface area contributed by atoms with Crippen molar-refractivity contribution < 1.29 is 0 Å². The molecule has 1 heterocycles. The predicted octanol–water partition coefficient (Wildman–Crippen LogP) is 1.89. The van der Waals surface area contributed by atoms with E-state index in [9.17, 15) is 0 Å². The quantitative estimate of drug-likeness (QED) is 0.669. The van der Waals surface area contributed by atoms with Crippen LogP contribution in [0.3, 0.4) is 0 Å². The normalized spacial score (nSPS) is 10.2. The Hall–Kier alpha value is -0.500. The predicted molar refractivity (Wildman–Crippen MR) is 42.4 cm³/mol. The van der Waals surface area contributed by atoms with Gasteiger partial charge in [-0.25, -0.2) is 0 Å². The minimum Gasteiger partial charge on any atom is -0.283 e. The number of rotatable bonds is 3. The average Bonchev–Trinajstić information content (AvgIpc) is 2.31. The zero-order valence-electron chi connectivity index (χ0n) is 6.02. The first-order chi connectivity index (χ1) is 4.83. The maximum absolute atomic E-state index is 5.52. The maximum atomic E-state index is 5.52. The molecule has 0 amide bonds. The molecule has 1 aromatic heterocycles. The highest BCUT2D eigenvalue weighted by Crippen LogP contribution is 2.01. The Labute approximate surface area is 65.6 Å². The molecule has 0 saturated heterocycles. The van der Waals surface area contributed by atoms with Crippen LogP contribution in [0.1, 0.15) is 17.8 Å². The molecule has 0 unspecified atom stereocenters. The standard InChI is InChI=1S/C7H11ClN2/c1-6-5-7(10-9-6)3-2-4-8/h5H,2-4H2,1H3,(H,9,10). The third-order valence-corrected chi connectivity index (χ3v) is 1.59. The molecule has 0 saturated carbocycles. The van der Waals surface area contributed by atoms with Gasteiger partial charge in [-0.3, -0.25) is 5.10 Å². The molecule has 0 aliphatic rings. The lowest BCUT2D eigenvalue weighted by molar-refractivity contribution is 0.870. The highest BCUT2D eigenvalue weighted by molar-refractivity contribution is 6.17. The van der Waals surface area contributed by atoms with E-state index in [4.69, 9.17) is 11.6 Å². The van der Waals surface area contributed by atoms with Crippen molar-refractivity contribution in [3.63, 3.8) is 0 Å². The lowest BCUT2D eigenvalue weighted by Crippen LogP contribution is -1.85. The van der Waals surface area contributed by atoms with Crippen LogP contribution in [0.25, 0.3) is 0 Å². The third-order valence-electron chi connectivity index (χ3n) is 1.33. The third kappa shape index (κ3) is 2.03. The van der Waals surface area contributed by atoms with Crippen LogP contribution < -0.4 is 0 Å². The molecule has 1 rings (SSSR count). The fourth-order valence-corrected chi connectivity index (χ4v) is 0.984. The first-order valence-electron chi connectivity index (χ1n) is 3.40. The Morgan fingerprint density at radius 3 is 3.00 bits per heavy atom. The van der Waals surface area contributed by atoms with Crippen molar-refractivity contribution in [3.05, 3.63) is 17.5 Å². The molecule has 10 heavy (non-hydrogen) atoms. The summed E-state index contributed by atoms with van der Waals surface area (Å²) in [5.41, 5.74) is 2.22. The molecule has 0 atom stereocenters.